The van der Waals surface area contributed by atoms with E-state index in [1.807, 2.05) is 32.9 Å². The molecule has 228 valence electrons. The van der Waals surface area contributed by atoms with Crippen molar-refractivity contribution in [2.24, 2.45) is 4.99 Å². The van der Waals surface area contributed by atoms with Gasteiger partial charge in [0.2, 0.25) is 0 Å². The Bertz CT molecular complexity index is 1560. The van der Waals surface area contributed by atoms with Gasteiger partial charge in [0.15, 0.2) is 0 Å². The van der Waals surface area contributed by atoms with E-state index in [2.05, 4.69) is 25.5 Å². The maximum atomic E-state index is 14.8. The number of hydrogen-bond donors (Lipinski definition) is 2. The molecule has 0 bridgehead atoms. The summed E-state index contributed by atoms with van der Waals surface area (Å²) in [6.45, 7) is 11.8. The standard InChI is InChI=1S/C33H40FN5O4/c1-8-23-14-25(42-7)17-37-30(23)38-32(41)26-16-27(31(40)35-6)29(13-21(26)3)43-33(5,19-39-12-11-36-22(4)18-39)24-10-9-20(2)28(34)15-24/h9-10,13-17H,8,11-12,18-19H2,1-7H3,(H,35,40)(H,37,38,41)/t33-/m0/s1. The van der Waals surface area contributed by atoms with Gasteiger partial charge in [0.25, 0.3) is 11.8 Å². The van der Waals surface area contributed by atoms with Crippen LogP contribution in [0.3, 0.4) is 0 Å². The van der Waals surface area contributed by atoms with Crippen LogP contribution >= 0.6 is 0 Å². The van der Waals surface area contributed by atoms with E-state index in [4.69, 9.17) is 9.47 Å². The van der Waals surface area contributed by atoms with E-state index in [-0.39, 0.29) is 17.1 Å². The van der Waals surface area contributed by atoms with Gasteiger partial charge in [-0.25, -0.2) is 9.37 Å². The summed E-state index contributed by atoms with van der Waals surface area (Å²) in [6, 6.07) is 10.1. The highest BCUT2D eigenvalue weighted by Gasteiger charge is 2.35. The molecule has 2 aromatic carbocycles. The number of ether oxygens (including phenoxy) is 2. The predicted octanol–water partition coefficient (Wildman–Crippen LogP) is 5.09. The third kappa shape index (κ3) is 7.19. The molecule has 9 nitrogen and oxygen atoms in total. The van der Waals surface area contributed by atoms with E-state index in [0.29, 0.717) is 59.9 Å². The largest absolute Gasteiger partial charge is 0.495 e. The third-order valence-corrected chi connectivity index (χ3v) is 7.73. The minimum absolute atomic E-state index is 0.187. The van der Waals surface area contributed by atoms with Gasteiger partial charge >= 0.3 is 0 Å². The topological polar surface area (TPSA) is 105 Å². The van der Waals surface area contributed by atoms with Crippen molar-refractivity contribution in [3.8, 4) is 11.5 Å². The summed E-state index contributed by atoms with van der Waals surface area (Å²) < 4.78 is 26.8. The Morgan fingerprint density at radius 2 is 1.84 bits per heavy atom. The van der Waals surface area contributed by atoms with Crippen LogP contribution in [0.5, 0.6) is 11.5 Å². The van der Waals surface area contributed by atoms with Crippen molar-refractivity contribution < 1.29 is 23.5 Å². The number of benzene rings is 2. The summed E-state index contributed by atoms with van der Waals surface area (Å²) in [4.78, 5) is 37.7. The van der Waals surface area contributed by atoms with Crippen LogP contribution in [0.1, 0.15) is 63.7 Å². The number of halogens is 1. The Hall–Kier alpha value is -4.31. The van der Waals surface area contributed by atoms with E-state index in [1.54, 1.807) is 39.3 Å². The van der Waals surface area contributed by atoms with E-state index >= 15 is 0 Å². The molecule has 0 radical (unpaired) electrons. The smallest absolute Gasteiger partial charge is 0.257 e. The summed E-state index contributed by atoms with van der Waals surface area (Å²) in [5, 5.41) is 5.53. The number of hydrogen-bond acceptors (Lipinski definition) is 7. The number of nitrogens with zero attached hydrogens (tertiary/aromatic N) is 3. The van der Waals surface area contributed by atoms with Gasteiger partial charge in [0.05, 0.1) is 25.4 Å². The van der Waals surface area contributed by atoms with Crippen molar-refractivity contribution in [2.45, 2.75) is 46.6 Å². The lowest BCUT2D eigenvalue weighted by Crippen LogP contribution is -2.47. The summed E-state index contributed by atoms with van der Waals surface area (Å²) in [5.41, 5.74) is 3.05. The first-order valence-electron chi connectivity index (χ1n) is 14.4. The molecular formula is C33H40FN5O4. The number of rotatable bonds is 10. The molecule has 0 saturated carbocycles. The molecule has 0 fully saturated rings. The van der Waals surface area contributed by atoms with Crippen molar-refractivity contribution in [1.29, 1.82) is 0 Å². The maximum Gasteiger partial charge on any atom is 0.257 e. The van der Waals surface area contributed by atoms with Gasteiger partial charge in [-0.1, -0.05) is 19.1 Å². The number of aromatic nitrogens is 1. The van der Waals surface area contributed by atoms with Gasteiger partial charge < -0.3 is 20.1 Å². The number of aliphatic imine (C=N–C) groups is 1. The SMILES string of the molecule is CCc1cc(OC)cnc1NC(=O)c1cc(C(=O)NC)c(O[C@@](C)(CN2CCN=C(C)C2)c2ccc(C)c(F)c2)cc1C. The fourth-order valence-corrected chi connectivity index (χ4v) is 5.22. The molecule has 0 unspecified atom stereocenters. The molecule has 3 aromatic rings. The Balaban J connectivity index is 1.74. The monoisotopic (exact) mass is 589 g/mol. The first kappa shape index (κ1) is 31.6. The van der Waals surface area contributed by atoms with Crippen LogP contribution in [0, 0.1) is 19.7 Å². The van der Waals surface area contributed by atoms with Gasteiger partial charge in [-0.2, -0.15) is 0 Å². The van der Waals surface area contributed by atoms with Crippen LogP contribution < -0.4 is 20.1 Å². The summed E-state index contributed by atoms with van der Waals surface area (Å²) in [5.74, 6) is 0.141. The van der Waals surface area contributed by atoms with Crippen LogP contribution in [-0.4, -0.2) is 67.7 Å². The molecule has 0 saturated heterocycles. The Kier molecular flexibility index (Phi) is 9.80. The first-order chi connectivity index (χ1) is 20.5. The summed E-state index contributed by atoms with van der Waals surface area (Å²) in [6.07, 6.45) is 2.18. The lowest BCUT2D eigenvalue weighted by Gasteiger charge is -2.38. The molecule has 0 aliphatic carbocycles. The minimum Gasteiger partial charge on any atom is -0.495 e. The van der Waals surface area contributed by atoms with Crippen LogP contribution in [0.25, 0.3) is 0 Å². The van der Waals surface area contributed by atoms with Crippen LogP contribution in [0.15, 0.2) is 47.6 Å². The zero-order chi connectivity index (χ0) is 31.3. The highest BCUT2D eigenvalue weighted by Crippen LogP contribution is 2.34. The lowest BCUT2D eigenvalue weighted by atomic mass is 9.92. The fourth-order valence-electron chi connectivity index (χ4n) is 5.22. The van der Waals surface area contributed by atoms with Crippen molar-refractivity contribution in [3.05, 3.63) is 81.8 Å². The second kappa shape index (κ2) is 13.3. The highest BCUT2D eigenvalue weighted by atomic mass is 19.1. The first-order valence-corrected chi connectivity index (χ1v) is 14.4. The quantitative estimate of drug-likeness (QED) is 0.341. The van der Waals surface area contributed by atoms with Crippen LogP contribution in [0.2, 0.25) is 0 Å². The molecule has 1 aromatic heterocycles. The number of aryl methyl sites for hydroxylation is 3. The molecule has 1 atom stereocenters. The Morgan fingerprint density at radius 1 is 1.07 bits per heavy atom. The molecule has 4 rings (SSSR count). The Morgan fingerprint density at radius 3 is 2.49 bits per heavy atom. The van der Waals surface area contributed by atoms with Gasteiger partial charge in [-0.05, 0) is 80.6 Å². The molecule has 43 heavy (non-hydrogen) atoms. The zero-order valence-corrected chi connectivity index (χ0v) is 25.9. The summed E-state index contributed by atoms with van der Waals surface area (Å²) >= 11 is 0. The maximum absolute atomic E-state index is 14.8. The van der Waals surface area contributed by atoms with Crippen LogP contribution in [-0.2, 0) is 12.0 Å². The van der Waals surface area contributed by atoms with E-state index in [0.717, 1.165) is 17.8 Å². The summed E-state index contributed by atoms with van der Waals surface area (Å²) in [7, 11) is 3.08. The highest BCUT2D eigenvalue weighted by molar-refractivity contribution is 6.07. The van der Waals surface area contributed by atoms with Crippen LogP contribution in [0.4, 0.5) is 10.2 Å². The zero-order valence-electron chi connectivity index (χ0n) is 25.9. The van der Waals surface area contributed by atoms with Crippen molar-refractivity contribution in [2.75, 3.05) is 45.7 Å². The Labute approximate surface area is 252 Å². The average Bonchev–Trinajstić information content (AvgIpc) is 2.98. The second-order valence-corrected chi connectivity index (χ2v) is 11.1. The number of carbonyl (C=O) groups is 2. The number of methoxy groups -OCH3 is 1. The second-order valence-electron chi connectivity index (χ2n) is 11.1. The minimum atomic E-state index is -1.03. The molecule has 0 spiro atoms. The van der Waals surface area contributed by atoms with Crippen molar-refractivity contribution in [1.82, 2.24) is 15.2 Å². The number of carbonyl (C=O) groups excluding carboxylic acids is 2. The molecule has 1 aliphatic heterocycles. The third-order valence-electron chi connectivity index (χ3n) is 7.73. The molecule has 1 aliphatic rings. The predicted molar refractivity (Wildman–Crippen MR) is 166 cm³/mol. The lowest BCUT2D eigenvalue weighted by molar-refractivity contribution is 0.0437. The average molecular weight is 590 g/mol. The van der Waals surface area contributed by atoms with E-state index in [1.165, 1.54) is 19.2 Å². The molecule has 2 amide bonds. The van der Waals surface area contributed by atoms with E-state index in [9.17, 15) is 14.0 Å². The molecule has 10 heteroatoms. The number of nitrogens with one attached hydrogen (secondary N) is 2. The number of anilines is 1. The van der Waals surface area contributed by atoms with Crippen molar-refractivity contribution >= 4 is 23.3 Å². The van der Waals surface area contributed by atoms with Gasteiger partial charge in [-0.15, -0.1) is 0 Å². The fraction of sp³-hybridized carbons (Fsp3) is 0.394. The van der Waals surface area contributed by atoms with Gasteiger partial charge in [0.1, 0.15) is 28.7 Å². The van der Waals surface area contributed by atoms with Gasteiger partial charge in [-0.3, -0.25) is 19.5 Å². The number of pyridine rings is 1. The molecule has 2 heterocycles. The van der Waals surface area contributed by atoms with Gasteiger partial charge in [0, 0.05) is 38.0 Å². The normalized spacial score (nSPS) is 14.8. The van der Waals surface area contributed by atoms with Crippen molar-refractivity contribution in [3.63, 3.8) is 0 Å². The molecule has 2 N–H and O–H groups in total. The number of amides is 2. The van der Waals surface area contributed by atoms with E-state index < -0.39 is 17.4 Å². The molecular weight excluding hydrogens is 549 g/mol.